The quantitative estimate of drug-likeness (QED) is 0.602. The smallest absolute Gasteiger partial charge is 0.255 e. The SMILES string of the molecule is COc1ccc(S(=O)(=O)N2CCC(C)CC2)cc1C(=O)NCCCN1CCN(C)CC1. The third-order valence-electron chi connectivity index (χ3n) is 6.33. The standard InChI is InChI=1S/C22H36N4O4S/c1-18-7-11-26(12-8-18)31(28,29)19-5-6-21(30-3)20(17-19)22(27)23-9-4-10-25-15-13-24(2)14-16-25/h5-6,17-18H,4,7-16H2,1-3H3,(H,23,27). The molecule has 1 N–H and O–H groups in total. The highest BCUT2D eigenvalue weighted by Gasteiger charge is 2.29. The summed E-state index contributed by atoms with van der Waals surface area (Å²) >= 11 is 0. The molecule has 0 aromatic heterocycles. The molecule has 2 fully saturated rings. The number of likely N-dealkylation sites (N-methyl/N-ethyl adjacent to an activating group) is 1. The number of ether oxygens (including phenoxy) is 1. The van der Waals surface area contributed by atoms with E-state index in [0.29, 0.717) is 31.3 Å². The van der Waals surface area contributed by atoms with E-state index in [9.17, 15) is 13.2 Å². The molecule has 2 aliphatic heterocycles. The molecular formula is C22H36N4O4S. The topological polar surface area (TPSA) is 82.2 Å². The Kier molecular flexibility index (Phi) is 8.32. The number of hydrogen-bond acceptors (Lipinski definition) is 6. The minimum Gasteiger partial charge on any atom is -0.496 e. The van der Waals surface area contributed by atoms with E-state index in [4.69, 9.17) is 4.74 Å². The summed E-state index contributed by atoms with van der Waals surface area (Å²) in [6.07, 6.45) is 2.56. The van der Waals surface area contributed by atoms with Crippen LogP contribution in [0.4, 0.5) is 0 Å². The molecular weight excluding hydrogens is 416 g/mol. The van der Waals surface area contributed by atoms with Gasteiger partial charge in [0.05, 0.1) is 17.6 Å². The van der Waals surface area contributed by atoms with Gasteiger partial charge >= 0.3 is 0 Å². The molecule has 1 aromatic rings. The van der Waals surface area contributed by atoms with Crippen LogP contribution < -0.4 is 10.1 Å². The van der Waals surface area contributed by atoms with Crippen molar-refractivity contribution in [3.05, 3.63) is 23.8 Å². The maximum atomic E-state index is 13.1. The van der Waals surface area contributed by atoms with Crippen molar-refractivity contribution in [3.8, 4) is 5.75 Å². The largest absolute Gasteiger partial charge is 0.496 e. The average Bonchev–Trinajstić information content (AvgIpc) is 2.77. The Bertz CT molecular complexity index is 845. The Balaban J connectivity index is 1.61. The lowest BCUT2D eigenvalue weighted by atomic mass is 10.0. The molecule has 1 amide bonds. The van der Waals surface area contributed by atoms with Gasteiger partial charge in [0, 0.05) is 45.8 Å². The second-order valence-electron chi connectivity index (χ2n) is 8.70. The molecule has 174 valence electrons. The first kappa shape index (κ1) is 24.0. The van der Waals surface area contributed by atoms with E-state index >= 15 is 0 Å². The number of rotatable bonds is 8. The van der Waals surface area contributed by atoms with E-state index in [1.54, 1.807) is 6.07 Å². The number of carbonyl (C=O) groups is 1. The molecule has 3 rings (SSSR count). The average molecular weight is 453 g/mol. The third kappa shape index (κ3) is 6.19. The van der Waals surface area contributed by atoms with Crippen molar-refractivity contribution in [2.45, 2.75) is 31.1 Å². The van der Waals surface area contributed by atoms with Crippen LogP contribution >= 0.6 is 0 Å². The van der Waals surface area contributed by atoms with Gasteiger partial charge in [-0.25, -0.2) is 8.42 Å². The van der Waals surface area contributed by atoms with Crippen LogP contribution in [0.1, 0.15) is 36.5 Å². The van der Waals surface area contributed by atoms with Crippen molar-refractivity contribution in [3.63, 3.8) is 0 Å². The van der Waals surface area contributed by atoms with Crippen LogP contribution in [0.2, 0.25) is 0 Å². The Morgan fingerprint density at radius 2 is 1.81 bits per heavy atom. The highest BCUT2D eigenvalue weighted by molar-refractivity contribution is 7.89. The minimum absolute atomic E-state index is 0.144. The number of nitrogens with zero attached hydrogens (tertiary/aromatic N) is 3. The molecule has 31 heavy (non-hydrogen) atoms. The van der Waals surface area contributed by atoms with Crippen LogP contribution in [0.25, 0.3) is 0 Å². The van der Waals surface area contributed by atoms with Gasteiger partial charge in [0.25, 0.3) is 5.91 Å². The van der Waals surface area contributed by atoms with Crippen molar-refractivity contribution in [2.24, 2.45) is 5.92 Å². The first-order valence-electron chi connectivity index (χ1n) is 11.2. The Labute approximate surface area is 186 Å². The first-order chi connectivity index (χ1) is 14.8. The molecule has 0 spiro atoms. The summed E-state index contributed by atoms with van der Waals surface area (Å²) in [6.45, 7) is 8.89. The Morgan fingerprint density at radius 1 is 1.13 bits per heavy atom. The Morgan fingerprint density at radius 3 is 2.45 bits per heavy atom. The molecule has 0 radical (unpaired) electrons. The summed E-state index contributed by atoms with van der Waals surface area (Å²) < 4.78 is 33.0. The minimum atomic E-state index is -3.62. The fourth-order valence-electron chi connectivity index (χ4n) is 4.07. The zero-order valence-corrected chi connectivity index (χ0v) is 19.8. The van der Waals surface area contributed by atoms with Crippen molar-refractivity contribution in [2.75, 3.05) is 66.5 Å². The molecule has 2 aliphatic rings. The van der Waals surface area contributed by atoms with Gasteiger partial charge in [0.2, 0.25) is 10.0 Å². The second-order valence-corrected chi connectivity index (χ2v) is 10.6. The maximum absolute atomic E-state index is 13.1. The molecule has 0 unspecified atom stereocenters. The Hall–Kier alpha value is -1.68. The summed E-state index contributed by atoms with van der Waals surface area (Å²) in [5.41, 5.74) is 0.258. The monoisotopic (exact) mass is 452 g/mol. The molecule has 2 saturated heterocycles. The summed E-state index contributed by atoms with van der Waals surface area (Å²) in [4.78, 5) is 17.7. The van der Waals surface area contributed by atoms with Crippen LogP contribution in [-0.4, -0.2) is 94.9 Å². The molecule has 0 atom stereocenters. The number of carbonyl (C=O) groups excluding carboxylic acids is 1. The van der Waals surface area contributed by atoms with Crippen molar-refractivity contribution >= 4 is 15.9 Å². The zero-order chi connectivity index (χ0) is 22.4. The van der Waals surface area contributed by atoms with Crippen LogP contribution in [0.3, 0.4) is 0 Å². The van der Waals surface area contributed by atoms with Gasteiger partial charge in [-0.2, -0.15) is 4.31 Å². The van der Waals surface area contributed by atoms with E-state index < -0.39 is 10.0 Å². The van der Waals surface area contributed by atoms with Crippen molar-refractivity contribution in [1.82, 2.24) is 19.4 Å². The molecule has 9 heteroatoms. The van der Waals surface area contributed by atoms with Crippen molar-refractivity contribution < 1.29 is 17.9 Å². The van der Waals surface area contributed by atoms with Gasteiger partial charge < -0.3 is 19.9 Å². The van der Waals surface area contributed by atoms with Gasteiger partial charge in [-0.05, 0) is 57.0 Å². The molecule has 0 bridgehead atoms. The molecule has 1 aromatic carbocycles. The van der Waals surface area contributed by atoms with Gasteiger partial charge in [-0.15, -0.1) is 0 Å². The number of piperidine rings is 1. The van der Waals surface area contributed by atoms with E-state index in [2.05, 4.69) is 29.1 Å². The fourth-order valence-corrected chi connectivity index (χ4v) is 5.57. The van der Waals surface area contributed by atoms with E-state index in [-0.39, 0.29) is 16.4 Å². The maximum Gasteiger partial charge on any atom is 0.255 e. The van der Waals surface area contributed by atoms with Crippen LogP contribution in [0, 0.1) is 5.92 Å². The predicted molar refractivity (Wildman–Crippen MR) is 121 cm³/mol. The molecule has 0 saturated carbocycles. The number of sulfonamides is 1. The van der Waals surface area contributed by atoms with Crippen LogP contribution in [0.5, 0.6) is 5.75 Å². The normalized spacial score (nSPS) is 20.0. The van der Waals surface area contributed by atoms with Gasteiger partial charge in [-0.3, -0.25) is 4.79 Å². The van der Waals surface area contributed by atoms with E-state index in [0.717, 1.165) is 52.0 Å². The molecule has 8 nitrogen and oxygen atoms in total. The predicted octanol–water partition coefficient (Wildman–Crippen LogP) is 1.48. The highest BCUT2D eigenvalue weighted by Crippen LogP contribution is 2.27. The van der Waals surface area contributed by atoms with Gasteiger partial charge in [-0.1, -0.05) is 6.92 Å². The summed E-state index contributed by atoms with van der Waals surface area (Å²) in [5, 5.41) is 2.92. The summed E-state index contributed by atoms with van der Waals surface area (Å²) in [7, 11) is -0.00770. The van der Waals surface area contributed by atoms with Gasteiger partial charge in [0.1, 0.15) is 5.75 Å². The van der Waals surface area contributed by atoms with E-state index in [1.165, 1.54) is 23.5 Å². The number of methoxy groups -OCH3 is 1. The zero-order valence-electron chi connectivity index (χ0n) is 19.0. The number of nitrogens with one attached hydrogen (secondary N) is 1. The fraction of sp³-hybridized carbons (Fsp3) is 0.682. The number of amides is 1. The van der Waals surface area contributed by atoms with Crippen LogP contribution in [0.15, 0.2) is 23.1 Å². The molecule has 2 heterocycles. The summed E-state index contributed by atoms with van der Waals surface area (Å²) in [5.74, 6) is 0.608. The lowest BCUT2D eigenvalue weighted by Crippen LogP contribution is -2.45. The van der Waals surface area contributed by atoms with Crippen molar-refractivity contribution in [1.29, 1.82) is 0 Å². The number of benzene rings is 1. The second kappa shape index (κ2) is 10.8. The lowest BCUT2D eigenvalue weighted by Gasteiger charge is -2.32. The highest BCUT2D eigenvalue weighted by atomic mass is 32.2. The molecule has 0 aliphatic carbocycles. The van der Waals surface area contributed by atoms with E-state index in [1.807, 2.05) is 0 Å². The number of piperazine rings is 1. The van der Waals surface area contributed by atoms with Gasteiger partial charge in [0.15, 0.2) is 0 Å². The number of hydrogen-bond donors (Lipinski definition) is 1. The summed E-state index contributed by atoms with van der Waals surface area (Å²) in [6, 6.07) is 4.54. The first-order valence-corrected chi connectivity index (χ1v) is 12.6. The lowest BCUT2D eigenvalue weighted by molar-refractivity contribution is 0.0946. The van der Waals surface area contributed by atoms with Crippen LogP contribution in [-0.2, 0) is 10.0 Å². The third-order valence-corrected chi connectivity index (χ3v) is 8.22.